The molecule has 0 aliphatic heterocycles. The molecule has 0 bridgehead atoms. The molecule has 0 amide bonds. The number of Topliss-reactive ketones (excluding diaryl/α,β-unsaturated/α-hetero) is 1. The van der Waals surface area contributed by atoms with Crippen molar-refractivity contribution < 1.29 is 14.3 Å². The molecule has 1 aromatic carbocycles. The maximum absolute atomic E-state index is 11.7. The zero-order chi connectivity index (χ0) is 14.3. The van der Waals surface area contributed by atoms with Crippen LogP contribution in [0.1, 0.15) is 18.9 Å². The fraction of sp³-hybridized carbons (Fsp3) is 0.214. The second-order valence-corrected chi connectivity index (χ2v) is 4.15. The molecule has 0 heterocycles. The third-order valence-electron chi connectivity index (χ3n) is 2.21. The second kappa shape index (κ2) is 7.34. The summed E-state index contributed by atoms with van der Waals surface area (Å²) >= 11 is 5.82. The number of hydrogen-bond donors (Lipinski definition) is 0. The Labute approximate surface area is 116 Å². The third kappa shape index (κ3) is 4.94. The molecule has 4 nitrogen and oxygen atoms in total. The third-order valence-corrected chi connectivity index (χ3v) is 2.44. The summed E-state index contributed by atoms with van der Waals surface area (Å²) in [5.41, 5.74) is 0.565. The molecule has 0 N–H and O–H groups in total. The van der Waals surface area contributed by atoms with Crippen LogP contribution >= 0.6 is 11.6 Å². The monoisotopic (exact) mass is 277 g/mol. The van der Waals surface area contributed by atoms with Gasteiger partial charge in [0.2, 0.25) is 0 Å². The Morgan fingerprint density at radius 3 is 2.79 bits per heavy atom. The minimum absolute atomic E-state index is 0.0322. The molecule has 0 aromatic heterocycles. The van der Waals surface area contributed by atoms with Gasteiger partial charge in [-0.3, -0.25) is 4.79 Å². The minimum Gasteiger partial charge on any atom is -0.461 e. The van der Waals surface area contributed by atoms with E-state index >= 15 is 0 Å². The van der Waals surface area contributed by atoms with Crippen LogP contribution in [0, 0.1) is 11.3 Å². The Morgan fingerprint density at radius 1 is 1.47 bits per heavy atom. The molecule has 1 aromatic rings. The highest BCUT2D eigenvalue weighted by Crippen LogP contribution is 2.15. The van der Waals surface area contributed by atoms with Crippen LogP contribution in [0.15, 0.2) is 29.8 Å². The smallest absolute Gasteiger partial charge is 0.341 e. The van der Waals surface area contributed by atoms with Crippen molar-refractivity contribution in [3.05, 3.63) is 40.4 Å². The van der Waals surface area contributed by atoms with Crippen LogP contribution < -0.4 is 0 Å². The largest absolute Gasteiger partial charge is 0.461 e. The standard InChI is InChI=1S/C14H12ClNO3/c1-10(17)13(14(18)19-7-3-6-16)9-11-4-2-5-12(15)8-11/h2,4-5,8-9H,3,7H2,1H3/b13-9-. The number of benzene rings is 1. The van der Waals surface area contributed by atoms with Crippen molar-refractivity contribution in [1.82, 2.24) is 0 Å². The van der Waals surface area contributed by atoms with Crippen molar-refractivity contribution in [2.45, 2.75) is 13.3 Å². The summed E-state index contributed by atoms with van der Waals surface area (Å²) in [4.78, 5) is 23.1. The van der Waals surface area contributed by atoms with E-state index in [1.165, 1.54) is 13.0 Å². The molecule has 98 valence electrons. The first-order chi connectivity index (χ1) is 9.04. The van der Waals surface area contributed by atoms with Gasteiger partial charge in [0.15, 0.2) is 5.78 Å². The quantitative estimate of drug-likeness (QED) is 0.273. The number of halogens is 1. The average Bonchev–Trinajstić information content (AvgIpc) is 2.36. The van der Waals surface area contributed by atoms with Crippen LogP contribution in [0.2, 0.25) is 5.02 Å². The Hall–Kier alpha value is -2.12. The van der Waals surface area contributed by atoms with E-state index in [9.17, 15) is 9.59 Å². The molecule has 0 aliphatic rings. The first kappa shape index (κ1) is 14.9. The van der Waals surface area contributed by atoms with Crippen LogP contribution in [-0.2, 0) is 14.3 Å². The lowest BCUT2D eigenvalue weighted by atomic mass is 10.1. The molecule has 0 radical (unpaired) electrons. The van der Waals surface area contributed by atoms with Gasteiger partial charge in [0.25, 0.3) is 0 Å². The van der Waals surface area contributed by atoms with Gasteiger partial charge in [-0.1, -0.05) is 23.7 Å². The lowest BCUT2D eigenvalue weighted by Crippen LogP contribution is -2.14. The summed E-state index contributed by atoms with van der Waals surface area (Å²) in [5, 5.41) is 8.86. The number of ketones is 1. The highest BCUT2D eigenvalue weighted by atomic mass is 35.5. The normalized spacial score (nSPS) is 10.7. The number of nitriles is 1. The van der Waals surface area contributed by atoms with Crippen LogP contribution in [0.25, 0.3) is 6.08 Å². The van der Waals surface area contributed by atoms with Gasteiger partial charge in [0.05, 0.1) is 12.5 Å². The molecule has 0 spiro atoms. The van der Waals surface area contributed by atoms with E-state index in [1.807, 2.05) is 6.07 Å². The molecule has 5 heteroatoms. The number of rotatable bonds is 5. The summed E-state index contributed by atoms with van der Waals surface area (Å²) in [5.74, 6) is -1.13. The van der Waals surface area contributed by atoms with E-state index in [2.05, 4.69) is 0 Å². The van der Waals surface area contributed by atoms with E-state index in [4.69, 9.17) is 21.6 Å². The van der Waals surface area contributed by atoms with E-state index in [1.54, 1.807) is 24.3 Å². The molecular formula is C14H12ClNO3. The topological polar surface area (TPSA) is 67.2 Å². The van der Waals surface area contributed by atoms with Crippen molar-refractivity contribution >= 4 is 29.4 Å². The summed E-state index contributed by atoms with van der Waals surface area (Å²) in [7, 11) is 0. The number of esters is 1. The maximum Gasteiger partial charge on any atom is 0.341 e. The molecule has 0 aliphatic carbocycles. The Kier molecular flexibility index (Phi) is 5.77. The van der Waals surface area contributed by atoms with Crippen LogP contribution in [-0.4, -0.2) is 18.4 Å². The summed E-state index contributed by atoms with van der Waals surface area (Å²) < 4.78 is 4.82. The van der Waals surface area contributed by atoms with Crippen molar-refractivity contribution in [3.63, 3.8) is 0 Å². The second-order valence-electron chi connectivity index (χ2n) is 3.71. The molecule has 1 rings (SSSR count). The number of carbonyl (C=O) groups is 2. The van der Waals surface area contributed by atoms with Crippen molar-refractivity contribution in [2.75, 3.05) is 6.61 Å². The van der Waals surface area contributed by atoms with Gasteiger partial charge in [-0.2, -0.15) is 5.26 Å². The van der Waals surface area contributed by atoms with E-state index < -0.39 is 11.8 Å². The van der Waals surface area contributed by atoms with Gasteiger partial charge in [-0.05, 0) is 30.7 Å². The van der Waals surface area contributed by atoms with Gasteiger partial charge in [-0.25, -0.2) is 4.79 Å². The molecule has 0 saturated heterocycles. The predicted octanol–water partition coefficient (Wildman–Crippen LogP) is 2.77. The number of carbonyl (C=O) groups excluding carboxylic acids is 2. The van der Waals surface area contributed by atoms with Gasteiger partial charge in [-0.15, -0.1) is 0 Å². The highest BCUT2D eigenvalue weighted by molar-refractivity contribution is 6.30. The van der Waals surface area contributed by atoms with E-state index in [-0.39, 0.29) is 18.6 Å². The van der Waals surface area contributed by atoms with Gasteiger partial charge < -0.3 is 4.74 Å². The zero-order valence-electron chi connectivity index (χ0n) is 10.4. The summed E-state index contributed by atoms with van der Waals surface area (Å²) in [6.07, 6.45) is 1.51. The van der Waals surface area contributed by atoms with E-state index in [0.717, 1.165) is 0 Å². The Bertz CT molecular complexity index is 558. The highest BCUT2D eigenvalue weighted by Gasteiger charge is 2.15. The van der Waals surface area contributed by atoms with Gasteiger partial charge >= 0.3 is 5.97 Å². The number of nitrogens with zero attached hydrogens (tertiary/aromatic N) is 1. The number of ether oxygens (including phenoxy) is 1. The van der Waals surface area contributed by atoms with Gasteiger partial charge in [0.1, 0.15) is 12.2 Å². The number of hydrogen-bond acceptors (Lipinski definition) is 4. The lowest BCUT2D eigenvalue weighted by Gasteiger charge is -2.04. The first-order valence-electron chi connectivity index (χ1n) is 5.57. The fourth-order valence-corrected chi connectivity index (χ4v) is 1.53. The minimum atomic E-state index is -0.734. The van der Waals surface area contributed by atoms with Crippen molar-refractivity contribution in [1.29, 1.82) is 5.26 Å². The molecule has 19 heavy (non-hydrogen) atoms. The van der Waals surface area contributed by atoms with Crippen molar-refractivity contribution in [2.24, 2.45) is 0 Å². The summed E-state index contributed by atoms with van der Waals surface area (Å²) in [6.45, 7) is 1.25. The molecule has 0 unspecified atom stereocenters. The van der Waals surface area contributed by atoms with Crippen molar-refractivity contribution in [3.8, 4) is 6.07 Å². The Morgan fingerprint density at radius 2 is 2.21 bits per heavy atom. The van der Waals surface area contributed by atoms with Gasteiger partial charge in [0, 0.05) is 5.02 Å². The van der Waals surface area contributed by atoms with Crippen LogP contribution in [0.4, 0.5) is 0 Å². The summed E-state index contributed by atoms with van der Waals surface area (Å²) in [6, 6.07) is 8.61. The molecule has 0 atom stereocenters. The molecule has 0 fully saturated rings. The van der Waals surface area contributed by atoms with Crippen LogP contribution in [0.5, 0.6) is 0 Å². The first-order valence-corrected chi connectivity index (χ1v) is 5.94. The predicted molar refractivity (Wildman–Crippen MR) is 71.3 cm³/mol. The SMILES string of the molecule is CC(=O)/C(=C/c1cccc(Cl)c1)C(=O)OCCC#N. The Balaban J connectivity index is 2.92. The fourth-order valence-electron chi connectivity index (χ4n) is 1.33. The zero-order valence-corrected chi connectivity index (χ0v) is 11.1. The lowest BCUT2D eigenvalue weighted by molar-refractivity contribution is -0.140. The average molecular weight is 278 g/mol. The van der Waals surface area contributed by atoms with Crippen LogP contribution in [0.3, 0.4) is 0 Å². The molecule has 0 saturated carbocycles. The maximum atomic E-state index is 11.7. The molecular weight excluding hydrogens is 266 g/mol. The van der Waals surface area contributed by atoms with E-state index in [0.29, 0.717) is 10.6 Å².